The first-order valence-corrected chi connectivity index (χ1v) is 9.08. The van der Waals surface area contributed by atoms with Crippen LogP contribution in [0.15, 0.2) is 78.9 Å². The molecule has 1 amide bonds. The number of anilines is 1. The summed E-state index contributed by atoms with van der Waals surface area (Å²) in [6.45, 7) is 0.435. The number of phenolic OH excluding ortho intramolecular Hbond substituents is 1. The van der Waals surface area contributed by atoms with E-state index in [-0.39, 0.29) is 11.7 Å². The quantitative estimate of drug-likeness (QED) is 0.669. The van der Waals surface area contributed by atoms with Crippen LogP contribution in [0.3, 0.4) is 0 Å². The van der Waals surface area contributed by atoms with Gasteiger partial charge in [-0.1, -0.05) is 60.1 Å². The number of hydrogen-bond donors (Lipinski definition) is 2. The van der Waals surface area contributed by atoms with E-state index >= 15 is 0 Å². The molecule has 27 heavy (non-hydrogen) atoms. The first-order chi connectivity index (χ1) is 13.0. The lowest BCUT2D eigenvalue weighted by atomic mass is 10.1. The van der Waals surface area contributed by atoms with Crippen molar-refractivity contribution in [2.45, 2.75) is 12.5 Å². The summed E-state index contributed by atoms with van der Waals surface area (Å²) in [7, 11) is 0. The Morgan fingerprint density at radius 3 is 2.37 bits per heavy atom. The van der Waals surface area contributed by atoms with E-state index in [9.17, 15) is 9.90 Å². The van der Waals surface area contributed by atoms with E-state index in [1.165, 1.54) is 0 Å². The highest BCUT2D eigenvalue weighted by atomic mass is 35.5. The molecule has 0 aliphatic heterocycles. The Hall–Kier alpha value is -2.82. The number of rotatable bonds is 6. The summed E-state index contributed by atoms with van der Waals surface area (Å²) < 4.78 is 0. The molecule has 0 fully saturated rings. The van der Waals surface area contributed by atoms with Gasteiger partial charge in [0, 0.05) is 23.3 Å². The minimum atomic E-state index is -0.779. The van der Waals surface area contributed by atoms with Crippen LogP contribution in [0.5, 0.6) is 5.75 Å². The lowest BCUT2D eigenvalue weighted by Crippen LogP contribution is -2.40. The van der Waals surface area contributed by atoms with Gasteiger partial charge in [-0.25, -0.2) is 0 Å². The Balaban J connectivity index is 1.85. The smallest absolute Gasteiger partial charge is 0.248 e. The fourth-order valence-electron chi connectivity index (χ4n) is 2.89. The number of hydrogen-bond acceptors (Lipinski definition) is 3. The molecule has 3 aromatic rings. The van der Waals surface area contributed by atoms with Crippen molar-refractivity contribution in [1.82, 2.24) is 0 Å². The van der Waals surface area contributed by atoms with Crippen molar-refractivity contribution in [2.75, 3.05) is 11.4 Å². The van der Waals surface area contributed by atoms with Crippen LogP contribution in [0.4, 0.5) is 5.69 Å². The predicted molar refractivity (Wildman–Crippen MR) is 109 cm³/mol. The Labute approximate surface area is 163 Å². The number of amides is 1. The molecule has 3 aromatic carbocycles. The van der Waals surface area contributed by atoms with Crippen LogP contribution < -0.4 is 10.6 Å². The molecule has 138 valence electrons. The molecule has 3 rings (SSSR count). The third-order valence-electron chi connectivity index (χ3n) is 4.37. The summed E-state index contributed by atoms with van der Waals surface area (Å²) in [5, 5.41) is 10.5. The average Bonchev–Trinajstić information content (AvgIpc) is 2.69. The van der Waals surface area contributed by atoms with Gasteiger partial charge in [0.1, 0.15) is 11.8 Å². The van der Waals surface area contributed by atoms with Crippen LogP contribution >= 0.6 is 11.6 Å². The van der Waals surface area contributed by atoms with E-state index in [0.717, 1.165) is 11.1 Å². The van der Waals surface area contributed by atoms with Crippen LogP contribution in [-0.4, -0.2) is 17.6 Å². The molecule has 0 spiro atoms. The molecular weight excluding hydrogens is 360 g/mol. The lowest BCUT2D eigenvalue weighted by Gasteiger charge is -2.26. The molecular formula is C22H21ClN2O2. The van der Waals surface area contributed by atoms with E-state index in [1.807, 2.05) is 54.6 Å². The van der Waals surface area contributed by atoms with Gasteiger partial charge in [0.15, 0.2) is 0 Å². The zero-order chi connectivity index (χ0) is 19.2. The van der Waals surface area contributed by atoms with Gasteiger partial charge in [0.2, 0.25) is 5.91 Å². The fraction of sp³-hybridized carbons (Fsp3) is 0.136. The third-order valence-corrected chi connectivity index (χ3v) is 4.62. The summed E-state index contributed by atoms with van der Waals surface area (Å²) in [6, 6.07) is 22.6. The summed E-state index contributed by atoms with van der Waals surface area (Å²) in [5.41, 5.74) is 8.65. The van der Waals surface area contributed by atoms with Gasteiger partial charge in [-0.15, -0.1) is 0 Å². The maximum atomic E-state index is 13.1. The molecule has 0 saturated carbocycles. The predicted octanol–water partition coefficient (Wildman–Crippen LogP) is 4.32. The van der Waals surface area contributed by atoms with Crippen molar-refractivity contribution in [1.29, 1.82) is 0 Å². The number of benzene rings is 3. The largest absolute Gasteiger partial charge is 0.508 e. The van der Waals surface area contributed by atoms with Gasteiger partial charge in [0.05, 0.1) is 0 Å². The van der Waals surface area contributed by atoms with Crippen LogP contribution in [0.2, 0.25) is 5.02 Å². The van der Waals surface area contributed by atoms with Gasteiger partial charge in [0.25, 0.3) is 0 Å². The second-order valence-electron chi connectivity index (χ2n) is 6.27. The Kier molecular flexibility index (Phi) is 6.12. The van der Waals surface area contributed by atoms with E-state index in [4.69, 9.17) is 17.3 Å². The normalized spacial score (nSPS) is 11.8. The van der Waals surface area contributed by atoms with Crippen LogP contribution in [0.1, 0.15) is 17.2 Å². The molecule has 1 atom stereocenters. The highest BCUT2D eigenvalue weighted by Gasteiger charge is 2.24. The molecule has 0 saturated heterocycles. The number of phenols is 1. The van der Waals surface area contributed by atoms with E-state index < -0.39 is 6.04 Å². The molecule has 0 bridgehead atoms. The highest BCUT2D eigenvalue weighted by molar-refractivity contribution is 6.30. The molecule has 4 nitrogen and oxygen atoms in total. The standard InChI is InChI=1S/C22H21ClN2O2/c23-18-11-9-16(10-12-18)13-14-25(19-7-4-8-20(26)15-19)22(27)21(24)17-5-2-1-3-6-17/h1-12,15,21,26H,13-14,24H2. The van der Waals surface area contributed by atoms with Gasteiger partial charge in [-0.05, 0) is 41.8 Å². The number of nitrogens with two attached hydrogens (primary N) is 1. The maximum absolute atomic E-state index is 13.1. The van der Waals surface area contributed by atoms with E-state index in [0.29, 0.717) is 23.7 Å². The summed E-state index contributed by atoms with van der Waals surface area (Å²) in [6.07, 6.45) is 0.639. The van der Waals surface area contributed by atoms with Crippen molar-refractivity contribution in [3.8, 4) is 5.75 Å². The van der Waals surface area contributed by atoms with E-state index in [1.54, 1.807) is 29.2 Å². The highest BCUT2D eigenvalue weighted by Crippen LogP contribution is 2.24. The van der Waals surface area contributed by atoms with Crippen molar-refractivity contribution in [3.63, 3.8) is 0 Å². The first-order valence-electron chi connectivity index (χ1n) is 8.70. The number of carbonyl (C=O) groups is 1. The van der Waals surface area contributed by atoms with Gasteiger partial charge in [-0.2, -0.15) is 0 Å². The van der Waals surface area contributed by atoms with Gasteiger partial charge in [-0.3, -0.25) is 4.79 Å². The number of carbonyl (C=O) groups excluding carboxylic acids is 1. The van der Waals surface area contributed by atoms with Crippen LogP contribution in [-0.2, 0) is 11.2 Å². The minimum Gasteiger partial charge on any atom is -0.508 e. The summed E-state index contributed by atoms with van der Waals surface area (Å²) in [4.78, 5) is 14.7. The fourth-order valence-corrected chi connectivity index (χ4v) is 3.02. The Morgan fingerprint density at radius 2 is 1.70 bits per heavy atom. The zero-order valence-electron chi connectivity index (χ0n) is 14.8. The maximum Gasteiger partial charge on any atom is 0.248 e. The van der Waals surface area contributed by atoms with Crippen LogP contribution in [0.25, 0.3) is 0 Å². The first kappa shape index (κ1) is 19.0. The summed E-state index contributed by atoms with van der Waals surface area (Å²) >= 11 is 5.94. The van der Waals surface area contributed by atoms with Gasteiger partial charge >= 0.3 is 0 Å². The SMILES string of the molecule is NC(C(=O)N(CCc1ccc(Cl)cc1)c1cccc(O)c1)c1ccccc1. The van der Waals surface area contributed by atoms with Gasteiger partial charge < -0.3 is 15.7 Å². The molecule has 1 unspecified atom stereocenters. The zero-order valence-corrected chi connectivity index (χ0v) is 15.5. The van der Waals surface area contributed by atoms with Crippen LogP contribution in [0, 0.1) is 0 Å². The monoisotopic (exact) mass is 380 g/mol. The molecule has 0 aliphatic rings. The van der Waals surface area contributed by atoms with Crippen molar-refractivity contribution >= 4 is 23.2 Å². The third kappa shape index (κ3) is 4.88. The number of nitrogens with zero attached hydrogens (tertiary/aromatic N) is 1. The molecule has 0 aliphatic carbocycles. The molecule has 0 radical (unpaired) electrons. The molecule has 5 heteroatoms. The van der Waals surface area contributed by atoms with Crippen molar-refractivity contribution in [2.24, 2.45) is 5.73 Å². The second kappa shape index (κ2) is 8.71. The second-order valence-corrected chi connectivity index (χ2v) is 6.71. The number of halogens is 1. The summed E-state index contributed by atoms with van der Waals surface area (Å²) in [5.74, 6) is -0.120. The molecule has 3 N–H and O–H groups in total. The topological polar surface area (TPSA) is 66.6 Å². The Bertz CT molecular complexity index is 898. The van der Waals surface area contributed by atoms with E-state index in [2.05, 4.69) is 0 Å². The Morgan fingerprint density at radius 1 is 1.00 bits per heavy atom. The number of aromatic hydroxyl groups is 1. The lowest BCUT2D eigenvalue weighted by molar-refractivity contribution is -0.120. The minimum absolute atomic E-state index is 0.102. The molecule has 0 heterocycles. The van der Waals surface area contributed by atoms with Crippen molar-refractivity contribution < 1.29 is 9.90 Å². The average molecular weight is 381 g/mol. The molecule has 0 aromatic heterocycles. The van der Waals surface area contributed by atoms with Crippen molar-refractivity contribution in [3.05, 3.63) is 95.0 Å².